The van der Waals surface area contributed by atoms with E-state index in [4.69, 9.17) is 4.74 Å². The number of rotatable bonds is 3. The molecule has 0 saturated carbocycles. The van der Waals surface area contributed by atoms with Crippen LogP contribution in [0.4, 0.5) is 0 Å². The zero-order valence-corrected chi connectivity index (χ0v) is 11.6. The van der Waals surface area contributed by atoms with E-state index >= 15 is 0 Å². The van der Waals surface area contributed by atoms with Crippen LogP contribution in [-0.4, -0.2) is 6.61 Å². The molecular formula is C15H26O. The van der Waals surface area contributed by atoms with Gasteiger partial charge in [-0.05, 0) is 29.5 Å². The summed E-state index contributed by atoms with van der Waals surface area (Å²) in [4.78, 5) is 0. The van der Waals surface area contributed by atoms with Crippen LogP contribution in [0.15, 0.2) is 24.3 Å². The summed E-state index contributed by atoms with van der Waals surface area (Å²) in [6, 6.07) is 8.32. The highest BCUT2D eigenvalue weighted by molar-refractivity contribution is 5.28. The third-order valence-corrected chi connectivity index (χ3v) is 1.98. The molecule has 0 spiro atoms. The zero-order valence-electron chi connectivity index (χ0n) is 11.6. The molecule has 0 atom stereocenters. The molecule has 0 aliphatic heterocycles. The molecule has 1 rings (SSSR count). The maximum absolute atomic E-state index is 5.71. The van der Waals surface area contributed by atoms with Crippen molar-refractivity contribution in [2.75, 3.05) is 6.61 Å². The Labute approximate surface area is 101 Å². The van der Waals surface area contributed by atoms with Crippen LogP contribution in [0.25, 0.3) is 0 Å². The van der Waals surface area contributed by atoms with Crippen molar-refractivity contribution < 1.29 is 4.74 Å². The summed E-state index contributed by atoms with van der Waals surface area (Å²) in [6.45, 7) is 13.5. The molecule has 0 aliphatic carbocycles. The van der Waals surface area contributed by atoms with Gasteiger partial charge in [-0.25, -0.2) is 0 Å². The normalized spacial score (nSPS) is 10.4. The van der Waals surface area contributed by atoms with Gasteiger partial charge in [0.15, 0.2) is 0 Å². The van der Waals surface area contributed by atoms with Gasteiger partial charge in [0, 0.05) is 0 Å². The smallest absolute Gasteiger partial charge is 0.119 e. The van der Waals surface area contributed by atoms with Crippen LogP contribution in [0.1, 0.15) is 47.1 Å². The number of ether oxygens (including phenoxy) is 1. The Hall–Kier alpha value is -0.980. The molecule has 1 nitrogen and oxygen atoms in total. The molecule has 0 radical (unpaired) electrons. The highest BCUT2D eigenvalue weighted by atomic mass is 16.5. The largest absolute Gasteiger partial charge is 0.493 e. The van der Waals surface area contributed by atoms with E-state index in [1.807, 2.05) is 19.9 Å². The third kappa shape index (κ3) is 6.49. The standard InChI is InChI=1S/C13H20O.C2H6/c1-5-11-7-6-8-12(9-11)14-10-13(2,3)4;1-2/h6-9H,5,10H2,1-4H3;1-2H3. The molecule has 1 aromatic carbocycles. The van der Waals surface area contributed by atoms with Crippen LogP contribution in [0.3, 0.4) is 0 Å². The molecule has 16 heavy (non-hydrogen) atoms. The Kier molecular flexibility index (Phi) is 6.87. The van der Waals surface area contributed by atoms with Crippen molar-refractivity contribution in [3.8, 4) is 5.75 Å². The molecule has 0 unspecified atom stereocenters. The summed E-state index contributed by atoms with van der Waals surface area (Å²) in [5.41, 5.74) is 1.55. The summed E-state index contributed by atoms with van der Waals surface area (Å²) in [7, 11) is 0. The number of aryl methyl sites for hydroxylation is 1. The van der Waals surface area contributed by atoms with E-state index in [2.05, 4.69) is 45.9 Å². The molecule has 0 fully saturated rings. The molecule has 1 heteroatoms. The van der Waals surface area contributed by atoms with Crippen molar-refractivity contribution >= 4 is 0 Å². The lowest BCUT2D eigenvalue weighted by Gasteiger charge is -2.19. The number of hydrogen-bond donors (Lipinski definition) is 0. The van der Waals surface area contributed by atoms with E-state index in [9.17, 15) is 0 Å². The van der Waals surface area contributed by atoms with Crippen molar-refractivity contribution in [1.82, 2.24) is 0 Å². The van der Waals surface area contributed by atoms with Crippen LogP contribution >= 0.6 is 0 Å². The van der Waals surface area contributed by atoms with E-state index in [1.54, 1.807) is 0 Å². The van der Waals surface area contributed by atoms with Crippen molar-refractivity contribution in [3.63, 3.8) is 0 Å². The molecule has 0 amide bonds. The summed E-state index contributed by atoms with van der Waals surface area (Å²) in [5.74, 6) is 0.985. The van der Waals surface area contributed by atoms with E-state index in [1.165, 1.54) is 5.56 Å². The lowest BCUT2D eigenvalue weighted by atomic mass is 9.99. The summed E-state index contributed by atoms with van der Waals surface area (Å²) in [5, 5.41) is 0. The van der Waals surface area contributed by atoms with Crippen LogP contribution in [-0.2, 0) is 6.42 Å². The zero-order chi connectivity index (χ0) is 12.6. The Morgan fingerprint density at radius 2 is 1.75 bits per heavy atom. The fraction of sp³-hybridized carbons (Fsp3) is 0.600. The second-order valence-electron chi connectivity index (χ2n) is 4.85. The van der Waals surface area contributed by atoms with Gasteiger partial charge in [-0.3, -0.25) is 0 Å². The minimum atomic E-state index is 0.224. The average Bonchev–Trinajstić information content (AvgIpc) is 2.28. The van der Waals surface area contributed by atoms with Crippen molar-refractivity contribution in [1.29, 1.82) is 0 Å². The molecule has 0 aromatic heterocycles. The van der Waals surface area contributed by atoms with Crippen LogP contribution < -0.4 is 4.74 Å². The van der Waals surface area contributed by atoms with Gasteiger partial charge in [-0.15, -0.1) is 0 Å². The van der Waals surface area contributed by atoms with E-state index in [0.29, 0.717) is 0 Å². The lowest BCUT2D eigenvalue weighted by molar-refractivity contribution is 0.198. The summed E-state index contributed by atoms with van der Waals surface area (Å²) < 4.78 is 5.71. The van der Waals surface area contributed by atoms with Crippen molar-refractivity contribution in [2.45, 2.75) is 48.0 Å². The fourth-order valence-electron chi connectivity index (χ4n) is 1.16. The highest BCUT2D eigenvalue weighted by Gasteiger charge is 2.10. The molecular weight excluding hydrogens is 196 g/mol. The first kappa shape index (κ1) is 15.0. The average molecular weight is 222 g/mol. The Balaban J connectivity index is 0.00000106. The van der Waals surface area contributed by atoms with Gasteiger partial charge in [0.25, 0.3) is 0 Å². The second kappa shape index (κ2) is 7.32. The second-order valence-corrected chi connectivity index (χ2v) is 4.85. The first-order valence-electron chi connectivity index (χ1n) is 6.23. The maximum atomic E-state index is 5.71. The van der Waals surface area contributed by atoms with Gasteiger partial charge in [0.05, 0.1) is 6.61 Å². The first-order chi connectivity index (χ1) is 7.51. The molecule has 0 aliphatic rings. The van der Waals surface area contributed by atoms with Gasteiger partial charge < -0.3 is 4.74 Å². The van der Waals surface area contributed by atoms with Gasteiger partial charge >= 0.3 is 0 Å². The lowest BCUT2D eigenvalue weighted by Crippen LogP contribution is -2.16. The number of benzene rings is 1. The van der Waals surface area contributed by atoms with E-state index in [0.717, 1.165) is 18.8 Å². The summed E-state index contributed by atoms with van der Waals surface area (Å²) >= 11 is 0. The third-order valence-electron chi connectivity index (χ3n) is 1.98. The topological polar surface area (TPSA) is 9.23 Å². The minimum Gasteiger partial charge on any atom is -0.493 e. The van der Waals surface area contributed by atoms with Crippen LogP contribution in [0.5, 0.6) is 5.75 Å². The Morgan fingerprint density at radius 1 is 1.12 bits per heavy atom. The predicted octanol–water partition coefficient (Wildman–Crippen LogP) is 4.70. The predicted molar refractivity (Wildman–Crippen MR) is 72.1 cm³/mol. The Morgan fingerprint density at radius 3 is 2.25 bits per heavy atom. The monoisotopic (exact) mass is 222 g/mol. The van der Waals surface area contributed by atoms with Crippen LogP contribution in [0, 0.1) is 5.41 Å². The van der Waals surface area contributed by atoms with Crippen LogP contribution in [0.2, 0.25) is 0 Å². The van der Waals surface area contributed by atoms with Gasteiger partial charge in [-0.2, -0.15) is 0 Å². The molecule has 1 aromatic rings. The van der Waals surface area contributed by atoms with Crippen molar-refractivity contribution in [2.24, 2.45) is 5.41 Å². The SMILES string of the molecule is CC.CCc1cccc(OCC(C)(C)C)c1. The minimum absolute atomic E-state index is 0.224. The molecule has 0 bridgehead atoms. The number of hydrogen-bond acceptors (Lipinski definition) is 1. The molecule has 0 heterocycles. The van der Waals surface area contributed by atoms with Gasteiger partial charge in [0.2, 0.25) is 0 Å². The molecule has 92 valence electrons. The Bertz CT molecular complexity index is 284. The van der Waals surface area contributed by atoms with Crippen molar-refractivity contribution in [3.05, 3.63) is 29.8 Å². The quantitative estimate of drug-likeness (QED) is 0.720. The summed E-state index contributed by atoms with van der Waals surface area (Å²) in [6.07, 6.45) is 1.06. The maximum Gasteiger partial charge on any atom is 0.119 e. The highest BCUT2D eigenvalue weighted by Crippen LogP contribution is 2.18. The van der Waals surface area contributed by atoms with Gasteiger partial charge in [-0.1, -0.05) is 53.7 Å². The van der Waals surface area contributed by atoms with E-state index < -0.39 is 0 Å². The van der Waals surface area contributed by atoms with Gasteiger partial charge in [0.1, 0.15) is 5.75 Å². The first-order valence-corrected chi connectivity index (χ1v) is 6.23. The fourth-order valence-corrected chi connectivity index (χ4v) is 1.16. The molecule has 0 saturated heterocycles. The van der Waals surface area contributed by atoms with E-state index in [-0.39, 0.29) is 5.41 Å². The molecule has 0 N–H and O–H groups in total.